The van der Waals surface area contributed by atoms with Crippen LogP contribution in [0.2, 0.25) is 5.02 Å². The minimum atomic E-state index is -0.241. The molecule has 2 amide bonds. The van der Waals surface area contributed by atoms with E-state index in [1.54, 1.807) is 24.3 Å². The van der Waals surface area contributed by atoms with E-state index in [0.29, 0.717) is 28.4 Å². The van der Waals surface area contributed by atoms with Gasteiger partial charge in [-0.2, -0.15) is 0 Å². The van der Waals surface area contributed by atoms with E-state index in [2.05, 4.69) is 5.32 Å². The first-order valence-electron chi connectivity index (χ1n) is 11.3. The summed E-state index contributed by atoms with van der Waals surface area (Å²) < 4.78 is 0. The molecule has 33 heavy (non-hydrogen) atoms. The molecule has 0 aromatic heterocycles. The van der Waals surface area contributed by atoms with Gasteiger partial charge in [0.05, 0.1) is 0 Å². The Morgan fingerprint density at radius 2 is 1.55 bits per heavy atom. The van der Waals surface area contributed by atoms with Crippen molar-refractivity contribution in [1.29, 1.82) is 0 Å². The summed E-state index contributed by atoms with van der Waals surface area (Å²) in [4.78, 5) is 28.3. The summed E-state index contributed by atoms with van der Waals surface area (Å²) >= 11 is 6.05. The molecule has 0 aliphatic heterocycles. The molecule has 0 unspecified atom stereocenters. The molecular formula is C27H28ClN3O2. The largest absolute Gasteiger partial charge is 0.331 e. The zero-order valence-corrected chi connectivity index (χ0v) is 19.2. The van der Waals surface area contributed by atoms with Gasteiger partial charge in [0.25, 0.3) is 11.8 Å². The molecule has 0 saturated heterocycles. The van der Waals surface area contributed by atoms with Gasteiger partial charge in [-0.25, -0.2) is 0 Å². The first kappa shape index (κ1) is 23.0. The highest BCUT2D eigenvalue weighted by atomic mass is 35.5. The molecule has 0 bridgehead atoms. The smallest absolute Gasteiger partial charge is 0.255 e. The zero-order valence-electron chi connectivity index (χ0n) is 18.4. The Hall–Kier alpha value is -3.15. The number of halogens is 1. The average Bonchev–Trinajstić information content (AvgIpc) is 2.84. The lowest BCUT2D eigenvalue weighted by molar-refractivity contribution is 0.0607. The standard InChI is InChI=1S/C27H28ClN3O2/c28-22-11-6-10-20(17-22)26(32)30-25-12-5-4-9-21(25)18-31(24-15-13-23(29)14-16-24)27(33)19-7-2-1-3-8-19/h1-12,17,23-24H,13-16,18,29H2,(H,30,32). The second-order valence-corrected chi connectivity index (χ2v) is 8.93. The van der Waals surface area contributed by atoms with Crippen molar-refractivity contribution in [3.05, 3.63) is 101 Å². The van der Waals surface area contributed by atoms with Crippen molar-refractivity contribution in [1.82, 2.24) is 4.90 Å². The summed E-state index contributed by atoms with van der Waals surface area (Å²) in [6.07, 6.45) is 3.54. The van der Waals surface area contributed by atoms with Gasteiger partial charge in [0.2, 0.25) is 0 Å². The van der Waals surface area contributed by atoms with E-state index in [9.17, 15) is 9.59 Å². The van der Waals surface area contributed by atoms with E-state index in [1.165, 1.54) is 0 Å². The maximum Gasteiger partial charge on any atom is 0.255 e. The summed E-state index contributed by atoms with van der Waals surface area (Å²) in [5, 5.41) is 3.50. The minimum Gasteiger partial charge on any atom is -0.331 e. The van der Waals surface area contributed by atoms with Crippen LogP contribution in [0.4, 0.5) is 5.69 Å². The maximum atomic E-state index is 13.5. The number of hydrogen-bond donors (Lipinski definition) is 2. The van der Waals surface area contributed by atoms with Crippen LogP contribution in [0.3, 0.4) is 0 Å². The van der Waals surface area contributed by atoms with Gasteiger partial charge >= 0.3 is 0 Å². The Balaban J connectivity index is 1.59. The molecule has 0 heterocycles. The van der Waals surface area contributed by atoms with Crippen LogP contribution < -0.4 is 11.1 Å². The van der Waals surface area contributed by atoms with E-state index >= 15 is 0 Å². The van der Waals surface area contributed by atoms with Crippen molar-refractivity contribution in [3.8, 4) is 0 Å². The molecule has 3 aromatic carbocycles. The summed E-state index contributed by atoms with van der Waals surface area (Å²) in [6.45, 7) is 0.402. The van der Waals surface area contributed by atoms with Gasteiger partial charge in [-0.05, 0) is 67.6 Å². The third kappa shape index (κ3) is 5.81. The van der Waals surface area contributed by atoms with Crippen molar-refractivity contribution in [3.63, 3.8) is 0 Å². The average molecular weight is 462 g/mol. The Labute approximate surface area is 199 Å². The fourth-order valence-electron chi connectivity index (χ4n) is 4.31. The van der Waals surface area contributed by atoms with Crippen LogP contribution >= 0.6 is 11.6 Å². The highest BCUT2D eigenvalue weighted by molar-refractivity contribution is 6.31. The number of benzene rings is 3. The van der Waals surface area contributed by atoms with Gasteiger partial charge in [0.15, 0.2) is 0 Å². The van der Waals surface area contributed by atoms with Gasteiger partial charge in [-0.3, -0.25) is 9.59 Å². The molecule has 0 spiro atoms. The van der Waals surface area contributed by atoms with Crippen LogP contribution in [0.1, 0.15) is 52.0 Å². The number of amides is 2. The fourth-order valence-corrected chi connectivity index (χ4v) is 4.50. The molecule has 5 nitrogen and oxygen atoms in total. The first-order valence-corrected chi connectivity index (χ1v) is 11.7. The molecule has 1 aliphatic carbocycles. The van der Waals surface area contributed by atoms with E-state index in [0.717, 1.165) is 31.2 Å². The lowest BCUT2D eigenvalue weighted by Crippen LogP contribution is -2.44. The Morgan fingerprint density at radius 1 is 0.879 bits per heavy atom. The van der Waals surface area contributed by atoms with Crippen LogP contribution in [-0.4, -0.2) is 28.8 Å². The lowest BCUT2D eigenvalue weighted by atomic mass is 9.90. The zero-order chi connectivity index (χ0) is 23.2. The predicted octanol–water partition coefficient (Wildman–Crippen LogP) is 5.50. The summed E-state index contributed by atoms with van der Waals surface area (Å²) in [6, 6.07) is 24.1. The van der Waals surface area contributed by atoms with Crippen molar-refractivity contribution in [2.24, 2.45) is 5.73 Å². The number of carbonyl (C=O) groups excluding carboxylic acids is 2. The fraction of sp³-hybridized carbons (Fsp3) is 0.259. The highest BCUT2D eigenvalue weighted by Crippen LogP contribution is 2.27. The van der Waals surface area contributed by atoms with Crippen molar-refractivity contribution in [2.45, 2.75) is 44.3 Å². The van der Waals surface area contributed by atoms with Gasteiger partial charge in [0.1, 0.15) is 0 Å². The molecule has 0 atom stereocenters. The van der Waals surface area contributed by atoms with Crippen LogP contribution in [-0.2, 0) is 6.54 Å². The Kier molecular flexibility index (Phi) is 7.43. The number of nitrogens with two attached hydrogens (primary N) is 1. The molecule has 4 rings (SSSR count). The van der Waals surface area contributed by atoms with Gasteiger partial charge < -0.3 is 16.0 Å². The lowest BCUT2D eigenvalue weighted by Gasteiger charge is -2.36. The predicted molar refractivity (Wildman–Crippen MR) is 132 cm³/mol. The molecule has 3 aromatic rings. The van der Waals surface area contributed by atoms with Gasteiger partial charge in [0, 0.05) is 40.5 Å². The third-order valence-corrected chi connectivity index (χ3v) is 6.39. The molecular weight excluding hydrogens is 434 g/mol. The number of nitrogens with one attached hydrogen (secondary N) is 1. The summed E-state index contributed by atoms with van der Waals surface area (Å²) in [7, 11) is 0. The number of para-hydroxylation sites is 1. The van der Waals surface area contributed by atoms with E-state index in [1.807, 2.05) is 59.5 Å². The number of nitrogens with zero attached hydrogens (tertiary/aromatic N) is 1. The molecule has 170 valence electrons. The highest BCUT2D eigenvalue weighted by Gasteiger charge is 2.29. The third-order valence-electron chi connectivity index (χ3n) is 6.16. The molecule has 1 saturated carbocycles. The second kappa shape index (κ2) is 10.6. The van der Waals surface area contributed by atoms with Crippen molar-refractivity contribution in [2.75, 3.05) is 5.32 Å². The van der Waals surface area contributed by atoms with Crippen molar-refractivity contribution < 1.29 is 9.59 Å². The molecule has 1 aliphatic rings. The maximum absolute atomic E-state index is 13.5. The number of hydrogen-bond acceptors (Lipinski definition) is 3. The quantitative estimate of drug-likeness (QED) is 0.508. The van der Waals surface area contributed by atoms with Gasteiger partial charge in [-0.1, -0.05) is 54.1 Å². The van der Waals surface area contributed by atoms with Gasteiger partial charge in [-0.15, -0.1) is 0 Å². The number of anilines is 1. The first-order chi connectivity index (χ1) is 16.0. The van der Waals surface area contributed by atoms with E-state index in [-0.39, 0.29) is 23.9 Å². The SMILES string of the molecule is NC1CCC(N(Cc2ccccc2NC(=O)c2cccc(Cl)c2)C(=O)c2ccccc2)CC1. The van der Waals surface area contributed by atoms with E-state index in [4.69, 9.17) is 17.3 Å². The van der Waals surface area contributed by atoms with Crippen LogP contribution in [0.15, 0.2) is 78.9 Å². The van der Waals surface area contributed by atoms with Crippen LogP contribution in [0.5, 0.6) is 0 Å². The Morgan fingerprint density at radius 3 is 2.27 bits per heavy atom. The normalized spacial score (nSPS) is 17.9. The number of rotatable bonds is 6. The Bertz CT molecular complexity index is 1110. The van der Waals surface area contributed by atoms with Crippen molar-refractivity contribution >= 4 is 29.1 Å². The number of carbonyl (C=O) groups is 2. The van der Waals surface area contributed by atoms with Crippen LogP contribution in [0.25, 0.3) is 0 Å². The molecule has 3 N–H and O–H groups in total. The summed E-state index contributed by atoms with van der Waals surface area (Å²) in [5.41, 5.74) is 8.83. The summed E-state index contributed by atoms with van der Waals surface area (Å²) in [5.74, 6) is -0.249. The van der Waals surface area contributed by atoms with Crippen LogP contribution in [0, 0.1) is 0 Å². The minimum absolute atomic E-state index is 0.00737. The molecule has 6 heteroatoms. The monoisotopic (exact) mass is 461 g/mol. The molecule has 1 fully saturated rings. The second-order valence-electron chi connectivity index (χ2n) is 8.49. The topological polar surface area (TPSA) is 75.4 Å². The molecule has 0 radical (unpaired) electrons. The van der Waals surface area contributed by atoms with E-state index < -0.39 is 0 Å².